The fourth-order valence-corrected chi connectivity index (χ4v) is 1.31. The lowest BCUT2D eigenvalue weighted by Crippen LogP contribution is -2.00. The lowest BCUT2D eigenvalue weighted by Gasteiger charge is -1.94. The molecule has 0 aliphatic heterocycles. The second kappa shape index (κ2) is 2.74. The van der Waals surface area contributed by atoms with Gasteiger partial charge in [-0.15, -0.1) is 0 Å². The third-order valence-corrected chi connectivity index (χ3v) is 1.88. The minimum atomic E-state index is -1.04. The predicted molar refractivity (Wildman–Crippen MR) is 47.2 cm³/mol. The van der Waals surface area contributed by atoms with E-state index in [1.54, 1.807) is 16.7 Å². The zero-order valence-corrected chi connectivity index (χ0v) is 7.19. The molecule has 2 heterocycles. The maximum atomic E-state index is 10.5. The van der Waals surface area contributed by atoms with Gasteiger partial charge < -0.3 is 9.51 Å². The van der Waals surface area contributed by atoms with Crippen LogP contribution in [0.2, 0.25) is 5.02 Å². The second-order valence-electron chi connectivity index (χ2n) is 2.57. The highest BCUT2D eigenvalue weighted by atomic mass is 35.5. The molecule has 0 spiro atoms. The summed E-state index contributed by atoms with van der Waals surface area (Å²) in [4.78, 5) is 14.3. The van der Waals surface area contributed by atoms with Gasteiger partial charge in [-0.2, -0.15) is 0 Å². The molecule has 5 heteroatoms. The number of hydrogen-bond donors (Lipinski definition) is 1. The van der Waals surface area contributed by atoms with E-state index in [1.165, 1.54) is 12.4 Å². The first-order valence-electron chi connectivity index (χ1n) is 3.53. The summed E-state index contributed by atoms with van der Waals surface area (Å²) in [5.41, 5.74) is 0.736. The largest absolute Gasteiger partial charge is 0.477 e. The van der Waals surface area contributed by atoms with Gasteiger partial charge in [0.15, 0.2) is 5.69 Å². The van der Waals surface area contributed by atoms with Crippen molar-refractivity contribution in [3.63, 3.8) is 0 Å². The van der Waals surface area contributed by atoms with Crippen molar-refractivity contribution < 1.29 is 9.90 Å². The molecule has 0 bridgehead atoms. The first-order valence-corrected chi connectivity index (χ1v) is 3.91. The van der Waals surface area contributed by atoms with Gasteiger partial charge in [0.1, 0.15) is 6.33 Å². The number of carboxylic acid groups (broad SMARTS) is 1. The molecule has 66 valence electrons. The highest BCUT2D eigenvalue weighted by Gasteiger charge is 2.05. The Balaban J connectivity index is 2.67. The van der Waals surface area contributed by atoms with Gasteiger partial charge in [0.2, 0.25) is 0 Å². The number of carboxylic acids is 1. The summed E-state index contributed by atoms with van der Waals surface area (Å²) in [6, 6.07) is 3.14. The number of rotatable bonds is 1. The summed E-state index contributed by atoms with van der Waals surface area (Å²) >= 11 is 5.72. The van der Waals surface area contributed by atoms with Gasteiger partial charge in [-0.05, 0) is 12.1 Å². The standard InChI is InChI=1S/C8H5ClN2O2/c9-5-1-6-2-7(8(12)13)10-4-11(6)3-5/h1-4H,(H,12,13). The zero-order valence-electron chi connectivity index (χ0n) is 6.44. The monoisotopic (exact) mass is 196 g/mol. The quantitative estimate of drug-likeness (QED) is 0.755. The van der Waals surface area contributed by atoms with Crippen LogP contribution in [-0.2, 0) is 0 Å². The Hall–Kier alpha value is -1.55. The van der Waals surface area contributed by atoms with Crippen molar-refractivity contribution in [3.05, 3.63) is 35.4 Å². The van der Waals surface area contributed by atoms with Crippen molar-refractivity contribution in [2.24, 2.45) is 0 Å². The Morgan fingerprint density at radius 3 is 3.00 bits per heavy atom. The van der Waals surface area contributed by atoms with Crippen LogP contribution < -0.4 is 0 Å². The molecule has 2 rings (SSSR count). The highest BCUT2D eigenvalue weighted by Crippen LogP contribution is 2.14. The Kier molecular flexibility index (Phi) is 1.70. The zero-order chi connectivity index (χ0) is 9.42. The van der Waals surface area contributed by atoms with Crippen LogP contribution in [0, 0.1) is 0 Å². The third-order valence-electron chi connectivity index (χ3n) is 1.67. The Bertz CT molecular complexity index is 478. The van der Waals surface area contributed by atoms with Crippen molar-refractivity contribution in [2.75, 3.05) is 0 Å². The van der Waals surface area contributed by atoms with Crippen LogP contribution in [0.4, 0.5) is 0 Å². The van der Waals surface area contributed by atoms with Crippen molar-refractivity contribution in [1.82, 2.24) is 9.38 Å². The van der Waals surface area contributed by atoms with Gasteiger partial charge in [-0.1, -0.05) is 11.6 Å². The SMILES string of the molecule is O=C(O)c1cc2cc(Cl)cn2cn1. The molecule has 0 aromatic carbocycles. The van der Waals surface area contributed by atoms with E-state index in [9.17, 15) is 4.79 Å². The average Bonchev–Trinajstić information content (AvgIpc) is 2.42. The van der Waals surface area contributed by atoms with Crippen molar-refractivity contribution >= 4 is 23.1 Å². The number of carbonyl (C=O) groups is 1. The van der Waals surface area contributed by atoms with Gasteiger partial charge in [0, 0.05) is 6.20 Å². The second-order valence-corrected chi connectivity index (χ2v) is 3.01. The van der Waals surface area contributed by atoms with E-state index in [1.807, 2.05) is 0 Å². The number of halogens is 1. The molecule has 0 fully saturated rings. The minimum absolute atomic E-state index is 0.0160. The first-order chi connectivity index (χ1) is 6.16. The molecule has 0 saturated carbocycles. The molecule has 4 nitrogen and oxygen atoms in total. The Morgan fingerprint density at radius 1 is 1.54 bits per heavy atom. The Labute approximate surface area is 78.4 Å². The minimum Gasteiger partial charge on any atom is -0.477 e. The van der Waals surface area contributed by atoms with Crippen LogP contribution in [0.5, 0.6) is 0 Å². The summed E-state index contributed by atoms with van der Waals surface area (Å²) in [6.07, 6.45) is 3.08. The lowest BCUT2D eigenvalue weighted by molar-refractivity contribution is 0.0690. The van der Waals surface area contributed by atoms with E-state index in [-0.39, 0.29) is 5.69 Å². The number of aromatic carboxylic acids is 1. The summed E-state index contributed by atoms with van der Waals surface area (Å²) in [7, 11) is 0. The number of hydrogen-bond acceptors (Lipinski definition) is 2. The van der Waals surface area contributed by atoms with Gasteiger partial charge >= 0.3 is 5.97 Å². The van der Waals surface area contributed by atoms with Gasteiger partial charge in [-0.25, -0.2) is 9.78 Å². The van der Waals surface area contributed by atoms with Crippen molar-refractivity contribution in [1.29, 1.82) is 0 Å². The molecule has 1 N–H and O–H groups in total. The van der Waals surface area contributed by atoms with E-state index in [0.29, 0.717) is 5.02 Å². The fraction of sp³-hybridized carbons (Fsp3) is 0. The van der Waals surface area contributed by atoms with Crippen molar-refractivity contribution in [2.45, 2.75) is 0 Å². The molecular formula is C8H5ClN2O2. The third kappa shape index (κ3) is 1.36. The van der Waals surface area contributed by atoms with E-state index >= 15 is 0 Å². The summed E-state index contributed by atoms with van der Waals surface area (Å²) in [5.74, 6) is -1.04. The predicted octanol–water partition coefficient (Wildman–Crippen LogP) is 1.69. The first kappa shape index (κ1) is 8.07. The molecule has 0 aliphatic carbocycles. The van der Waals surface area contributed by atoms with Crippen LogP contribution >= 0.6 is 11.6 Å². The number of nitrogens with zero attached hydrogens (tertiary/aromatic N) is 2. The van der Waals surface area contributed by atoms with Gasteiger partial charge in [-0.3, -0.25) is 0 Å². The van der Waals surface area contributed by atoms with Crippen LogP contribution in [0.15, 0.2) is 24.7 Å². The summed E-state index contributed by atoms with van der Waals surface area (Å²) in [5, 5.41) is 9.21. The average molecular weight is 197 g/mol. The van der Waals surface area contributed by atoms with Crippen LogP contribution in [0.25, 0.3) is 5.52 Å². The lowest BCUT2D eigenvalue weighted by atomic mass is 10.3. The molecule has 13 heavy (non-hydrogen) atoms. The molecule has 0 radical (unpaired) electrons. The normalized spacial score (nSPS) is 10.5. The highest BCUT2D eigenvalue weighted by molar-refractivity contribution is 6.31. The topological polar surface area (TPSA) is 54.6 Å². The molecule has 2 aromatic heterocycles. The van der Waals surface area contributed by atoms with Crippen molar-refractivity contribution in [3.8, 4) is 0 Å². The summed E-state index contributed by atoms with van der Waals surface area (Å²) in [6.45, 7) is 0. The van der Waals surface area contributed by atoms with Crippen LogP contribution in [0.1, 0.15) is 10.5 Å². The summed E-state index contributed by atoms with van der Waals surface area (Å²) < 4.78 is 1.66. The number of aromatic nitrogens is 2. The molecule has 2 aromatic rings. The maximum Gasteiger partial charge on any atom is 0.354 e. The van der Waals surface area contributed by atoms with E-state index < -0.39 is 5.97 Å². The molecule has 0 atom stereocenters. The smallest absolute Gasteiger partial charge is 0.354 e. The van der Waals surface area contributed by atoms with Crippen LogP contribution in [-0.4, -0.2) is 20.5 Å². The Morgan fingerprint density at radius 2 is 2.31 bits per heavy atom. The fourth-order valence-electron chi connectivity index (χ4n) is 1.10. The maximum absolute atomic E-state index is 10.5. The molecule has 0 unspecified atom stereocenters. The molecule has 0 aliphatic rings. The van der Waals surface area contributed by atoms with Gasteiger partial charge in [0.05, 0.1) is 10.5 Å². The molecule has 0 saturated heterocycles. The molecule has 0 amide bonds. The molecular weight excluding hydrogens is 192 g/mol. The van der Waals surface area contributed by atoms with Gasteiger partial charge in [0.25, 0.3) is 0 Å². The number of fused-ring (bicyclic) bond motifs is 1. The van der Waals surface area contributed by atoms with E-state index in [2.05, 4.69) is 4.98 Å². The van der Waals surface area contributed by atoms with E-state index in [0.717, 1.165) is 5.52 Å². The van der Waals surface area contributed by atoms with E-state index in [4.69, 9.17) is 16.7 Å². The van der Waals surface area contributed by atoms with Crippen LogP contribution in [0.3, 0.4) is 0 Å².